The van der Waals surface area contributed by atoms with Crippen LogP contribution in [0.1, 0.15) is 37.3 Å². The molecule has 0 saturated carbocycles. The molecule has 92 valence electrons. The van der Waals surface area contributed by atoms with E-state index in [0.29, 0.717) is 5.92 Å². The Morgan fingerprint density at radius 3 is 2.39 bits per heavy atom. The van der Waals surface area contributed by atoms with Gasteiger partial charge in [-0.25, -0.2) is 0 Å². The summed E-state index contributed by atoms with van der Waals surface area (Å²) in [6.45, 7) is 4.55. The molecule has 0 aliphatic carbocycles. The summed E-state index contributed by atoms with van der Waals surface area (Å²) in [4.78, 5) is 0. The number of anilines is 1. The second-order valence-corrected chi connectivity index (χ2v) is 5.76. The zero-order chi connectivity index (χ0) is 12.6. The summed E-state index contributed by atoms with van der Waals surface area (Å²) in [5.74, 6) is 0.499. The molecule has 0 spiro atoms. The lowest BCUT2D eigenvalue weighted by Crippen LogP contribution is -2.37. The minimum absolute atomic E-state index is 0.148. The molecule has 2 aromatic carbocycles. The lowest BCUT2D eigenvalue weighted by atomic mass is 9.77. The van der Waals surface area contributed by atoms with Crippen LogP contribution in [0.15, 0.2) is 54.6 Å². The predicted octanol–water partition coefficient (Wildman–Crippen LogP) is 4.41. The maximum absolute atomic E-state index is 3.64. The van der Waals surface area contributed by atoms with Crippen LogP contribution in [0.2, 0.25) is 0 Å². The van der Waals surface area contributed by atoms with Gasteiger partial charge < -0.3 is 5.32 Å². The van der Waals surface area contributed by atoms with Gasteiger partial charge >= 0.3 is 0 Å². The average molecular weight is 237 g/mol. The van der Waals surface area contributed by atoms with Crippen LogP contribution in [0, 0.1) is 0 Å². The highest BCUT2D eigenvalue weighted by Gasteiger charge is 2.31. The Balaban J connectivity index is 2.10. The molecule has 18 heavy (non-hydrogen) atoms. The minimum atomic E-state index is 0.148. The van der Waals surface area contributed by atoms with Crippen LogP contribution >= 0.6 is 0 Å². The van der Waals surface area contributed by atoms with Crippen molar-refractivity contribution >= 4 is 5.69 Å². The second kappa shape index (κ2) is 4.16. The van der Waals surface area contributed by atoms with Gasteiger partial charge in [-0.05, 0) is 37.5 Å². The highest BCUT2D eigenvalue weighted by Crippen LogP contribution is 2.42. The molecular formula is C17H19N. The molecule has 1 N–H and O–H groups in total. The van der Waals surface area contributed by atoms with E-state index >= 15 is 0 Å². The molecule has 0 aromatic heterocycles. The Hall–Kier alpha value is -1.76. The SMILES string of the molecule is CC1(C)CC(c2ccccc2)c2ccccc2N1. The predicted molar refractivity (Wildman–Crippen MR) is 77.0 cm³/mol. The Bertz CT molecular complexity index is 543. The number of benzene rings is 2. The Kier molecular flexibility index (Phi) is 2.62. The molecule has 1 heterocycles. The molecule has 1 unspecified atom stereocenters. The van der Waals surface area contributed by atoms with Gasteiger partial charge in [-0.3, -0.25) is 0 Å². The molecule has 0 saturated heterocycles. The highest BCUT2D eigenvalue weighted by molar-refractivity contribution is 5.59. The maximum atomic E-state index is 3.64. The van der Waals surface area contributed by atoms with E-state index in [-0.39, 0.29) is 5.54 Å². The van der Waals surface area contributed by atoms with Gasteiger partial charge in [-0.15, -0.1) is 0 Å². The zero-order valence-corrected chi connectivity index (χ0v) is 11.0. The van der Waals surface area contributed by atoms with Gasteiger partial charge in [0.15, 0.2) is 0 Å². The van der Waals surface area contributed by atoms with Crippen LogP contribution in [-0.2, 0) is 0 Å². The van der Waals surface area contributed by atoms with Crippen LogP contribution in [0.5, 0.6) is 0 Å². The number of nitrogens with one attached hydrogen (secondary N) is 1. The first-order valence-electron chi connectivity index (χ1n) is 6.58. The summed E-state index contributed by atoms with van der Waals surface area (Å²) in [5, 5.41) is 3.64. The van der Waals surface area contributed by atoms with Gasteiger partial charge in [0, 0.05) is 17.1 Å². The van der Waals surface area contributed by atoms with E-state index in [9.17, 15) is 0 Å². The van der Waals surface area contributed by atoms with Gasteiger partial charge in [-0.1, -0.05) is 48.5 Å². The van der Waals surface area contributed by atoms with Crippen molar-refractivity contribution in [2.75, 3.05) is 5.32 Å². The quantitative estimate of drug-likeness (QED) is 0.774. The van der Waals surface area contributed by atoms with Crippen LogP contribution in [0.4, 0.5) is 5.69 Å². The zero-order valence-electron chi connectivity index (χ0n) is 11.0. The van der Waals surface area contributed by atoms with Crippen molar-refractivity contribution in [1.29, 1.82) is 0 Å². The van der Waals surface area contributed by atoms with E-state index in [1.165, 1.54) is 16.8 Å². The Labute approximate surface area is 109 Å². The topological polar surface area (TPSA) is 12.0 Å². The van der Waals surface area contributed by atoms with Crippen molar-refractivity contribution < 1.29 is 0 Å². The largest absolute Gasteiger partial charge is 0.380 e. The van der Waals surface area contributed by atoms with E-state index in [0.717, 1.165) is 6.42 Å². The number of hydrogen-bond acceptors (Lipinski definition) is 1. The van der Waals surface area contributed by atoms with Crippen molar-refractivity contribution in [2.24, 2.45) is 0 Å². The normalized spacial score (nSPS) is 20.9. The third kappa shape index (κ3) is 2.01. The lowest BCUT2D eigenvalue weighted by molar-refractivity contribution is 0.468. The maximum Gasteiger partial charge on any atom is 0.0383 e. The van der Waals surface area contributed by atoms with E-state index in [2.05, 4.69) is 73.8 Å². The molecule has 0 fully saturated rings. The number of hydrogen-bond donors (Lipinski definition) is 1. The molecule has 1 aliphatic heterocycles. The van der Waals surface area contributed by atoms with E-state index in [1.807, 2.05) is 0 Å². The van der Waals surface area contributed by atoms with Gasteiger partial charge in [0.2, 0.25) is 0 Å². The fourth-order valence-electron chi connectivity index (χ4n) is 2.93. The van der Waals surface area contributed by atoms with Gasteiger partial charge in [0.1, 0.15) is 0 Å². The van der Waals surface area contributed by atoms with Crippen molar-refractivity contribution in [2.45, 2.75) is 31.7 Å². The summed E-state index contributed by atoms with van der Waals surface area (Å²) < 4.78 is 0. The van der Waals surface area contributed by atoms with Gasteiger partial charge in [-0.2, -0.15) is 0 Å². The summed E-state index contributed by atoms with van der Waals surface area (Å²) in [5.41, 5.74) is 4.26. The van der Waals surface area contributed by atoms with Crippen molar-refractivity contribution in [3.05, 3.63) is 65.7 Å². The minimum Gasteiger partial charge on any atom is -0.380 e. The second-order valence-electron chi connectivity index (χ2n) is 5.76. The standard InChI is InChI=1S/C17H19N/c1-17(2)12-15(13-8-4-3-5-9-13)14-10-6-7-11-16(14)18-17/h3-11,15,18H,12H2,1-2H3. The molecule has 0 radical (unpaired) electrons. The highest BCUT2D eigenvalue weighted by atomic mass is 15.0. The average Bonchev–Trinajstić information content (AvgIpc) is 2.38. The summed E-state index contributed by atoms with van der Waals surface area (Å²) in [6, 6.07) is 19.5. The first-order chi connectivity index (χ1) is 8.66. The van der Waals surface area contributed by atoms with E-state index < -0.39 is 0 Å². The van der Waals surface area contributed by atoms with Gasteiger partial charge in [0.05, 0.1) is 0 Å². The monoisotopic (exact) mass is 237 g/mol. The molecule has 3 rings (SSSR count). The first-order valence-corrected chi connectivity index (χ1v) is 6.58. The smallest absolute Gasteiger partial charge is 0.0383 e. The summed E-state index contributed by atoms with van der Waals surface area (Å²) in [7, 11) is 0. The van der Waals surface area contributed by atoms with Crippen molar-refractivity contribution in [1.82, 2.24) is 0 Å². The molecule has 1 aliphatic rings. The van der Waals surface area contributed by atoms with E-state index in [1.54, 1.807) is 0 Å². The van der Waals surface area contributed by atoms with Crippen LogP contribution in [-0.4, -0.2) is 5.54 Å². The van der Waals surface area contributed by atoms with Gasteiger partial charge in [0.25, 0.3) is 0 Å². The first kappa shape index (κ1) is 11.3. The fraction of sp³-hybridized carbons (Fsp3) is 0.294. The molecule has 2 aromatic rings. The number of rotatable bonds is 1. The van der Waals surface area contributed by atoms with Crippen molar-refractivity contribution in [3.63, 3.8) is 0 Å². The third-order valence-corrected chi connectivity index (χ3v) is 3.73. The summed E-state index contributed by atoms with van der Waals surface area (Å²) in [6.07, 6.45) is 1.13. The fourth-order valence-corrected chi connectivity index (χ4v) is 2.93. The summed E-state index contributed by atoms with van der Waals surface area (Å²) >= 11 is 0. The van der Waals surface area contributed by atoms with Crippen LogP contribution < -0.4 is 5.32 Å². The van der Waals surface area contributed by atoms with E-state index in [4.69, 9.17) is 0 Å². The Morgan fingerprint density at radius 1 is 0.944 bits per heavy atom. The Morgan fingerprint density at radius 2 is 1.61 bits per heavy atom. The molecular weight excluding hydrogens is 218 g/mol. The van der Waals surface area contributed by atoms with Crippen LogP contribution in [0.25, 0.3) is 0 Å². The lowest BCUT2D eigenvalue weighted by Gasteiger charge is -2.39. The third-order valence-electron chi connectivity index (χ3n) is 3.73. The molecule has 1 atom stereocenters. The molecule has 0 amide bonds. The number of fused-ring (bicyclic) bond motifs is 1. The number of para-hydroxylation sites is 1. The molecule has 0 bridgehead atoms. The van der Waals surface area contributed by atoms with Crippen molar-refractivity contribution in [3.8, 4) is 0 Å². The van der Waals surface area contributed by atoms with Crippen LogP contribution in [0.3, 0.4) is 0 Å². The molecule has 1 heteroatoms. The molecule has 1 nitrogen and oxygen atoms in total.